The van der Waals surface area contributed by atoms with Crippen molar-refractivity contribution in [2.24, 2.45) is 5.10 Å². The molecule has 0 atom stereocenters. The number of hydrazone groups is 1. The molecule has 2 N–H and O–H groups in total. The molecule has 0 bridgehead atoms. The molecule has 0 saturated carbocycles. The average Bonchev–Trinajstić information content (AvgIpc) is 2.66. The van der Waals surface area contributed by atoms with E-state index in [4.69, 9.17) is 12.2 Å². The van der Waals surface area contributed by atoms with Crippen molar-refractivity contribution in [1.82, 2.24) is 5.43 Å². The van der Waals surface area contributed by atoms with E-state index in [1.807, 2.05) is 91.9 Å². The zero-order chi connectivity index (χ0) is 17.5. The summed E-state index contributed by atoms with van der Waals surface area (Å²) in [6.45, 7) is 2.04. The summed E-state index contributed by atoms with van der Waals surface area (Å²) in [5.41, 5.74) is 7.96. The molecule has 0 unspecified atom stereocenters. The Morgan fingerprint density at radius 2 is 1.28 bits per heavy atom. The smallest absolute Gasteiger partial charge is 0.191 e. The van der Waals surface area contributed by atoms with E-state index in [0.717, 1.165) is 28.1 Å². The van der Waals surface area contributed by atoms with Gasteiger partial charge in [-0.3, -0.25) is 5.43 Å². The van der Waals surface area contributed by atoms with E-state index in [0.29, 0.717) is 5.11 Å². The fraction of sp³-hybridized carbons (Fsp3) is 0.0476. The summed E-state index contributed by atoms with van der Waals surface area (Å²) in [4.78, 5) is 0. The first-order valence-electron chi connectivity index (χ1n) is 8.05. The Hall–Kier alpha value is -2.98. The molecule has 0 aliphatic heterocycles. The number of anilines is 1. The maximum Gasteiger partial charge on any atom is 0.191 e. The topological polar surface area (TPSA) is 36.4 Å². The van der Waals surface area contributed by atoms with Crippen molar-refractivity contribution in [2.45, 2.75) is 6.92 Å². The van der Waals surface area contributed by atoms with Crippen LogP contribution in [-0.2, 0) is 0 Å². The minimum Gasteiger partial charge on any atom is -0.331 e. The number of rotatable bonds is 4. The van der Waals surface area contributed by atoms with Crippen LogP contribution in [0.4, 0.5) is 5.69 Å². The predicted octanol–water partition coefficient (Wildman–Crippen LogP) is 4.73. The number of thiocarbonyl (C=S) groups is 1. The second kappa shape index (κ2) is 8.22. The SMILES string of the molecule is Cc1ccccc1NC(=S)NN=C(c1ccccc1)c1ccccc1. The Labute approximate surface area is 153 Å². The molecule has 3 nitrogen and oxygen atoms in total. The largest absolute Gasteiger partial charge is 0.331 e. The molecule has 0 amide bonds. The summed E-state index contributed by atoms with van der Waals surface area (Å²) in [6, 6.07) is 28.1. The van der Waals surface area contributed by atoms with Crippen LogP contribution in [0.15, 0.2) is 90.0 Å². The number of aryl methyl sites for hydroxylation is 1. The van der Waals surface area contributed by atoms with Crippen LogP contribution in [0.2, 0.25) is 0 Å². The number of benzene rings is 3. The second-order valence-electron chi connectivity index (χ2n) is 5.57. The van der Waals surface area contributed by atoms with Crippen LogP contribution in [0.1, 0.15) is 16.7 Å². The first-order chi connectivity index (χ1) is 12.2. The van der Waals surface area contributed by atoms with Crippen molar-refractivity contribution in [3.05, 3.63) is 102 Å². The second-order valence-corrected chi connectivity index (χ2v) is 5.98. The number of hydrogen-bond donors (Lipinski definition) is 2. The van der Waals surface area contributed by atoms with Gasteiger partial charge in [-0.15, -0.1) is 0 Å². The Morgan fingerprint density at radius 1 is 0.760 bits per heavy atom. The summed E-state index contributed by atoms with van der Waals surface area (Å²) in [7, 11) is 0. The van der Waals surface area contributed by atoms with Gasteiger partial charge < -0.3 is 5.32 Å². The van der Waals surface area contributed by atoms with Gasteiger partial charge in [-0.05, 0) is 30.8 Å². The van der Waals surface area contributed by atoms with E-state index in [-0.39, 0.29) is 0 Å². The van der Waals surface area contributed by atoms with Gasteiger partial charge in [-0.1, -0.05) is 78.9 Å². The summed E-state index contributed by atoms with van der Waals surface area (Å²) in [5, 5.41) is 8.19. The lowest BCUT2D eigenvalue weighted by molar-refractivity contribution is 1.04. The van der Waals surface area contributed by atoms with Gasteiger partial charge in [0.05, 0.1) is 5.71 Å². The van der Waals surface area contributed by atoms with Crippen molar-refractivity contribution in [1.29, 1.82) is 0 Å². The van der Waals surface area contributed by atoms with Crippen molar-refractivity contribution < 1.29 is 0 Å². The fourth-order valence-corrected chi connectivity index (χ4v) is 2.61. The molecular formula is C21H19N3S. The van der Waals surface area contributed by atoms with Gasteiger partial charge in [0.1, 0.15) is 0 Å². The monoisotopic (exact) mass is 345 g/mol. The molecule has 3 aromatic rings. The Kier molecular flexibility index (Phi) is 5.54. The van der Waals surface area contributed by atoms with Crippen LogP contribution in [0.3, 0.4) is 0 Å². The minimum absolute atomic E-state index is 0.457. The Balaban J connectivity index is 1.82. The van der Waals surface area contributed by atoms with Gasteiger partial charge in [-0.25, -0.2) is 0 Å². The summed E-state index contributed by atoms with van der Waals surface area (Å²) < 4.78 is 0. The molecule has 0 heterocycles. The standard InChI is InChI=1S/C21H19N3S/c1-16-10-8-9-15-19(16)22-21(25)24-23-20(17-11-4-2-5-12-17)18-13-6-3-7-14-18/h2-15H,1H3,(H2,22,24,25). The van der Waals surface area contributed by atoms with Gasteiger partial charge in [-0.2, -0.15) is 5.10 Å². The quantitative estimate of drug-likeness (QED) is 0.407. The number of para-hydroxylation sites is 1. The summed E-state index contributed by atoms with van der Waals surface area (Å²) in [6.07, 6.45) is 0. The lowest BCUT2D eigenvalue weighted by atomic mass is 10.0. The highest BCUT2D eigenvalue weighted by molar-refractivity contribution is 7.80. The zero-order valence-electron chi connectivity index (χ0n) is 13.9. The predicted molar refractivity (Wildman–Crippen MR) is 109 cm³/mol. The van der Waals surface area contributed by atoms with E-state index in [1.54, 1.807) is 0 Å². The normalized spacial score (nSPS) is 9.96. The molecule has 0 aliphatic carbocycles. The lowest BCUT2D eigenvalue weighted by Gasteiger charge is -2.12. The van der Waals surface area contributed by atoms with E-state index >= 15 is 0 Å². The first-order valence-corrected chi connectivity index (χ1v) is 8.46. The van der Waals surface area contributed by atoms with E-state index in [1.165, 1.54) is 0 Å². The van der Waals surface area contributed by atoms with Crippen LogP contribution >= 0.6 is 12.2 Å². The van der Waals surface area contributed by atoms with E-state index in [2.05, 4.69) is 15.8 Å². The van der Waals surface area contributed by atoms with E-state index in [9.17, 15) is 0 Å². The van der Waals surface area contributed by atoms with Crippen LogP contribution in [-0.4, -0.2) is 10.8 Å². The summed E-state index contributed by atoms with van der Waals surface area (Å²) >= 11 is 5.38. The molecule has 0 aliphatic rings. The molecule has 0 radical (unpaired) electrons. The highest BCUT2D eigenvalue weighted by Crippen LogP contribution is 2.13. The first kappa shape index (κ1) is 16.9. The molecule has 0 saturated heterocycles. The van der Waals surface area contributed by atoms with Crippen molar-refractivity contribution >= 4 is 28.7 Å². The van der Waals surface area contributed by atoms with Gasteiger partial charge in [0.15, 0.2) is 5.11 Å². The zero-order valence-corrected chi connectivity index (χ0v) is 14.8. The average molecular weight is 345 g/mol. The molecule has 0 aromatic heterocycles. The number of hydrogen-bond acceptors (Lipinski definition) is 2. The highest BCUT2D eigenvalue weighted by atomic mass is 32.1. The maximum atomic E-state index is 5.38. The molecular weight excluding hydrogens is 326 g/mol. The van der Waals surface area contributed by atoms with Gasteiger partial charge in [0, 0.05) is 16.8 Å². The van der Waals surface area contributed by atoms with Gasteiger partial charge >= 0.3 is 0 Å². The van der Waals surface area contributed by atoms with Crippen LogP contribution in [0.5, 0.6) is 0 Å². The molecule has 124 valence electrons. The minimum atomic E-state index is 0.457. The third-order valence-corrected chi connectivity index (χ3v) is 3.95. The number of nitrogens with one attached hydrogen (secondary N) is 2. The Bertz CT molecular complexity index is 832. The molecule has 3 rings (SSSR count). The third kappa shape index (κ3) is 4.52. The van der Waals surface area contributed by atoms with Crippen molar-refractivity contribution in [3.8, 4) is 0 Å². The van der Waals surface area contributed by atoms with Gasteiger partial charge in [0.25, 0.3) is 0 Å². The van der Waals surface area contributed by atoms with Gasteiger partial charge in [0.2, 0.25) is 0 Å². The molecule has 3 aromatic carbocycles. The molecule has 0 fully saturated rings. The highest BCUT2D eigenvalue weighted by Gasteiger charge is 2.07. The summed E-state index contributed by atoms with van der Waals surface area (Å²) in [5.74, 6) is 0. The molecule has 4 heteroatoms. The molecule has 25 heavy (non-hydrogen) atoms. The van der Waals surface area contributed by atoms with E-state index < -0.39 is 0 Å². The molecule has 0 spiro atoms. The van der Waals surface area contributed by atoms with Crippen LogP contribution in [0.25, 0.3) is 0 Å². The van der Waals surface area contributed by atoms with Crippen molar-refractivity contribution in [3.63, 3.8) is 0 Å². The van der Waals surface area contributed by atoms with Crippen LogP contribution < -0.4 is 10.7 Å². The maximum absolute atomic E-state index is 5.38. The van der Waals surface area contributed by atoms with Crippen molar-refractivity contribution in [2.75, 3.05) is 5.32 Å². The lowest BCUT2D eigenvalue weighted by Crippen LogP contribution is -2.26. The number of nitrogens with zero attached hydrogens (tertiary/aromatic N) is 1. The Morgan fingerprint density at radius 3 is 1.84 bits per heavy atom. The third-order valence-electron chi connectivity index (χ3n) is 3.76. The van der Waals surface area contributed by atoms with Crippen LogP contribution in [0, 0.1) is 6.92 Å². The fourth-order valence-electron chi connectivity index (χ4n) is 2.46.